The quantitative estimate of drug-likeness (QED) is 0.118. The third-order valence-corrected chi connectivity index (χ3v) is 15.4. The van der Waals surface area contributed by atoms with Gasteiger partial charge < -0.3 is 10.2 Å². The van der Waals surface area contributed by atoms with Crippen LogP contribution in [0.15, 0.2) is 98.9 Å². The van der Waals surface area contributed by atoms with Crippen LogP contribution in [-0.4, -0.2) is 21.4 Å². The van der Waals surface area contributed by atoms with Crippen molar-refractivity contribution >= 4 is 94.0 Å². The smallest absolute Gasteiger partial charge is 0.242 e. The average molecular weight is 1160 g/mol. The molecule has 0 aliphatic carbocycles. The molecule has 75 heavy (non-hydrogen) atoms. The minimum atomic E-state index is -1.01. The summed E-state index contributed by atoms with van der Waals surface area (Å²) in [4.78, 5) is 15.1. The van der Waals surface area contributed by atoms with Crippen molar-refractivity contribution in [2.24, 2.45) is 0 Å². The largest absolute Gasteiger partial charge is 0.378 e. The van der Waals surface area contributed by atoms with Crippen LogP contribution in [0.4, 0.5) is 10.0 Å². The lowest BCUT2D eigenvalue weighted by molar-refractivity contribution is 0.143. The molecular formula is C64H55BrN2O2S6. The van der Waals surface area contributed by atoms with E-state index in [9.17, 15) is 10.2 Å². The Morgan fingerprint density at radius 2 is 0.720 bits per heavy atom. The minimum absolute atomic E-state index is 0.655. The van der Waals surface area contributed by atoms with Crippen molar-refractivity contribution in [1.29, 1.82) is 0 Å². The number of nitrogens with zero attached hydrogens (tertiary/aromatic N) is 2. The minimum Gasteiger partial charge on any atom is -0.378 e. The van der Waals surface area contributed by atoms with Gasteiger partial charge in [0, 0.05) is 22.3 Å². The molecule has 0 saturated heterocycles. The Kier molecular flexibility index (Phi) is 26.1. The average Bonchev–Trinajstić information content (AvgIpc) is 4.26. The summed E-state index contributed by atoms with van der Waals surface area (Å²) in [6.45, 7) is 29.0. The molecule has 0 atom stereocenters. The van der Waals surface area contributed by atoms with Crippen molar-refractivity contribution in [3.63, 3.8) is 0 Å². The van der Waals surface area contributed by atoms with Crippen LogP contribution >= 0.6 is 84.0 Å². The van der Waals surface area contributed by atoms with Crippen molar-refractivity contribution in [1.82, 2.24) is 0 Å². The highest BCUT2D eigenvalue weighted by Gasteiger charge is 2.09. The van der Waals surface area contributed by atoms with Crippen LogP contribution < -0.4 is 0 Å². The van der Waals surface area contributed by atoms with Crippen molar-refractivity contribution in [3.05, 3.63) is 166 Å². The summed E-state index contributed by atoms with van der Waals surface area (Å²) >= 11 is 12.3. The number of rotatable bonds is 8. The van der Waals surface area contributed by atoms with E-state index in [1.807, 2.05) is 60.7 Å². The van der Waals surface area contributed by atoms with Gasteiger partial charge in [0.05, 0.1) is 60.8 Å². The number of hydrogen-bond donors (Lipinski definition) is 2. The number of hydrogen-bond acceptors (Lipinski definition) is 8. The van der Waals surface area contributed by atoms with Crippen molar-refractivity contribution in [2.45, 2.75) is 118 Å². The normalized spacial score (nSPS) is 10.7. The van der Waals surface area contributed by atoms with Gasteiger partial charge in [0.25, 0.3) is 0 Å². The summed E-state index contributed by atoms with van der Waals surface area (Å²) in [5.74, 6) is 47.4. The van der Waals surface area contributed by atoms with Crippen molar-refractivity contribution in [2.75, 3.05) is 0 Å². The Morgan fingerprint density at radius 1 is 0.440 bits per heavy atom. The molecule has 4 nitrogen and oxygen atoms in total. The van der Waals surface area contributed by atoms with E-state index in [0.29, 0.717) is 5.00 Å². The zero-order chi connectivity index (χ0) is 54.6. The highest BCUT2D eigenvalue weighted by atomic mass is 79.9. The lowest BCUT2D eigenvalue weighted by atomic mass is 10.0. The molecule has 0 aliphatic heterocycles. The molecule has 0 fully saturated rings. The van der Waals surface area contributed by atoms with Crippen LogP contribution in [0.1, 0.15) is 151 Å². The molecule has 6 aromatic rings. The molecule has 0 amide bonds. The van der Waals surface area contributed by atoms with Gasteiger partial charge in [0.2, 0.25) is 10.0 Å². The van der Waals surface area contributed by atoms with E-state index in [4.69, 9.17) is 19.6 Å². The lowest BCUT2D eigenvalue weighted by Gasteiger charge is -2.05. The molecule has 0 saturated carbocycles. The van der Waals surface area contributed by atoms with Gasteiger partial charge in [-0.1, -0.05) is 136 Å². The Labute approximate surface area is 478 Å². The van der Waals surface area contributed by atoms with Crippen LogP contribution in [0.2, 0.25) is 0 Å². The molecule has 0 radical (unpaired) electrons. The topological polar surface area (TPSA) is 49.2 Å². The fraction of sp³-hybridized carbons (Fsp3) is 0.281. The Bertz CT molecular complexity index is 3570. The molecule has 6 heterocycles. The van der Waals surface area contributed by atoms with Gasteiger partial charge in [0.1, 0.15) is 11.2 Å². The van der Waals surface area contributed by atoms with E-state index in [1.54, 1.807) is 62.5 Å². The summed E-state index contributed by atoms with van der Waals surface area (Å²) < 4.78 is 1.02. The Hall–Kier alpha value is -6.46. The van der Waals surface area contributed by atoms with Gasteiger partial charge in [-0.25, -0.2) is 9.69 Å². The monoisotopic (exact) mass is 1150 g/mol. The summed E-state index contributed by atoms with van der Waals surface area (Å²) in [6, 6.07) is 23.1. The zero-order valence-corrected chi connectivity index (χ0v) is 49.8. The zero-order valence-electron chi connectivity index (χ0n) is 43.3. The van der Waals surface area contributed by atoms with E-state index in [0.717, 1.165) is 126 Å². The molecule has 6 aromatic heterocycles. The molecule has 11 heteroatoms. The number of halogens is 1. The predicted molar refractivity (Wildman–Crippen MR) is 328 cm³/mol. The number of allylic oxidation sites excluding steroid dienone is 4. The van der Waals surface area contributed by atoms with Gasteiger partial charge in [-0.15, -0.1) is 74.4 Å². The molecular weight excluding hydrogens is 1100 g/mol. The van der Waals surface area contributed by atoms with Crippen LogP contribution in [0.3, 0.4) is 0 Å². The van der Waals surface area contributed by atoms with Crippen LogP contribution in [0.5, 0.6) is 0 Å². The lowest BCUT2D eigenvalue weighted by Crippen LogP contribution is -2.14. The molecule has 376 valence electrons. The van der Waals surface area contributed by atoms with Gasteiger partial charge >= 0.3 is 0 Å². The van der Waals surface area contributed by atoms with Crippen molar-refractivity contribution in [3.8, 4) is 95.2 Å². The van der Waals surface area contributed by atoms with E-state index >= 15 is 0 Å². The first-order chi connectivity index (χ1) is 36.0. The first-order valence-electron chi connectivity index (χ1n) is 24.0. The van der Waals surface area contributed by atoms with Gasteiger partial charge in [-0.3, -0.25) is 0 Å². The molecule has 0 spiro atoms. The molecule has 2 N–H and O–H groups in total. The maximum Gasteiger partial charge on any atom is 0.242 e. The van der Waals surface area contributed by atoms with Gasteiger partial charge in [0.15, 0.2) is 0 Å². The number of aliphatic hydroxyl groups is 2. The second kappa shape index (κ2) is 32.1. The van der Waals surface area contributed by atoms with Crippen LogP contribution in [0.25, 0.3) is 9.69 Å². The molecule has 6 rings (SSSR count). The van der Waals surface area contributed by atoms with E-state index in [2.05, 4.69) is 142 Å². The van der Waals surface area contributed by atoms with E-state index in [-0.39, 0.29) is 0 Å². The molecule has 0 aliphatic rings. The third-order valence-electron chi connectivity index (χ3n) is 9.30. The predicted octanol–water partition coefficient (Wildman–Crippen LogP) is 17.5. The number of thiophene rings is 6. The van der Waals surface area contributed by atoms with Crippen LogP contribution in [-0.2, 0) is 0 Å². The van der Waals surface area contributed by atoms with E-state index in [1.165, 1.54) is 45.3 Å². The maximum absolute atomic E-state index is 9.82. The van der Waals surface area contributed by atoms with Gasteiger partial charge in [-0.05, 0) is 148 Å². The molecule has 0 aromatic carbocycles. The maximum atomic E-state index is 9.82. The third kappa shape index (κ3) is 23.7. The standard InChI is InChI=1S/C32H27NOS3.C27H26OS2.C5H2BrNS/c1-6-8-24(10-12-26-14-15-28(35-26)16-18-29-20-21-31(33-5)37-29)25(9-7-2)11-13-27-17-19-30(36-27)22-23-32(3,4)34;1-6-9-21(11-13-24-16-15-23(8-3)29-24)22(10-7-2)12-14-25-17-18-26(30-25)19-20-27(4,5)28;1-7-5-3-2-4(6)8-5/h14-15,17,19-21,34H,6-9H2,1-4H3;3,15-18,28H,6-7,9-10H2,1-2,4-5H3;2-3H/b25-24+;22-21+;. The highest BCUT2D eigenvalue weighted by Crippen LogP contribution is 2.29. The van der Waals surface area contributed by atoms with Crippen LogP contribution in [0, 0.1) is 108 Å². The van der Waals surface area contributed by atoms with Gasteiger partial charge in [-0.2, -0.15) is 0 Å². The summed E-state index contributed by atoms with van der Waals surface area (Å²) in [6.07, 6.45) is 13.1. The Morgan fingerprint density at radius 3 is 0.987 bits per heavy atom. The van der Waals surface area contributed by atoms with E-state index < -0.39 is 11.2 Å². The second-order valence-corrected chi connectivity index (χ2v) is 24.9. The summed E-state index contributed by atoms with van der Waals surface area (Å²) in [7, 11) is 0. The Balaban J connectivity index is 0.000000286. The fourth-order valence-corrected chi connectivity index (χ4v) is 10.6. The first kappa shape index (κ1) is 61.1. The SMILES string of the molecule is C#Cc1ccc(C#C/C(CCC)=C(/C#Cc2ccc(C#CC(C)(C)O)s2)CCC)s1.[C-]#[N+]c1ccc(Br)s1.[C-]#[N+]c1ccc(C#Cc2ccc(C#C/C(CCC)=C(/C#Cc3ccc(C#CC(C)(C)O)s3)CCC)s2)s1. The molecule has 0 bridgehead atoms. The second-order valence-electron chi connectivity index (χ2n) is 17.0. The summed E-state index contributed by atoms with van der Waals surface area (Å²) in [5, 5.41) is 21.0. The molecule has 0 unspecified atom stereocenters. The van der Waals surface area contributed by atoms with Crippen molar-refractivity contribution < 1.29 is 10.2 Å². The number of terminal acetylenes is 1. The fourth-order valence-electron chi connectivity index (χ4n) is 5.97. The first-order valence-corrected chi connectivity index (χ1v) is 29.7. The summed E-state index contributed by atoms with van der Waals surface area (Å²) in [5.41, 5.74) is 2.41. The highest BCUT2D eigenvalue weighted by molar-refractivity contribution is 9.11.